The van der Waals surface area contributed by atoms with Gasteiger partial charge in [0.25, 0.3) is 5.91 Å². The van der Waals surface area contributed by atoms with Crippen LogP contribution in [0, 0.1) is 6.92 Å². The van der Waals surface area contributed by atoms with Gasteiger partial charge in [-0.05, 0) is 25.1 Å². The minimum absolute atomic E-state index is 0.220. The summed E-state index contributed by atoms with van der Waals surface area (Å²) in [6, 6.07) is 5.02. The Kier molecular flexibility index (Phi) is 3.93. The van der Waals surface area contributed by atoms with Gasteiger partial charge < -0.3 is 14.8 Å². The molecule has 0 aliphatic rings. The highest BCUT2D eigenvalue weighted by molar-refractivity contribution is 6.04. The molecule has 2 rings (SSSR count). The first-order valence-electron chi connectivity index (χ1n) is 6.08. The predicted molar refractivity (Wildman–Crippen MR) is 75.4 cm³/mol. The third kappa shape index (κ3) is 2.74. The summed E-state index contributed by atoms with van der Waals surface area (Å²) in [6.45, 7) is 1.84. The van der Waals surface area contributed by atoms with Crippen LogP contribution >= 0.6 is 0 Å². The molecule has 0 radical (unpaired) electrons. The summed E-state index contributed by atoms with van der Waals surface area (Å²) >= 11 is 0. The minimum atomic E-state index is -0.220. The van der Waals surface area contributed by atoms with Crippen molar-refractivity contribution in [2.75, 3.05) is 19.5 Å². The first-order chi connectivity index (χ1) is 9.55. The van der Waals surface area contributed by atoms with Gasteiger partial charge >= 0.3 is 0 Å². The summed E-state index contributed by atoms with van der Waals surface area (Å²) in [5, 5.41) is 6.99. The molecule has 2 aromatic rings. The lowest BCUT2D eigenvalue weighted by atomic mass is 10.2. The number of hydrogen-bond donors (Lipinski definition) is 1. The van der Waals surface area contributed by atoms with Crippen LogP contribution in [0.4, 0.5) is 5.69 Å². The number of benzene rings is 1. The first kappa shape index (κ1) is 13.9. The van der Waals surface area contributed by atoms with E-state index in [1.807, 2.05) is 6.92 Å². The van der Waals surface area contributed by atoms with Gasteiger partial charge in [0.15, 0.2) is 11.5 Å². The van der Waals surface area contributed by atoms with Gasteiger partial charge in [0, 0.05) is 18.8 Å². The standard InChI is InChI=1S/C14H17N3O3/c1-9-11(8-17(2)16-9)15-14(18)10-5-6-12(19-3)13(7-10)20-4/h5-8H,1-4H3,(H,15,18). The largest absolute Gasteiger partial charge is 0.493 e. The Hall–Kier alpha value is -2.50. The maximum absolute atomic E-state index is 12.2. The lowest BCUT2D eigenvalue weighted by molar-refractivity contribution is 0.102. The predicted octanol–water partition coefficient (Wildman–Crippen LogP) is 2.00. The number of carbonyl (C=O) groups is 1. The zero-order chi connectivity index (χ0) is 14.7. The second-order valence-corrected chi connectivity index (χ2v) is 4.33. The lowest BCUT2D eigenvalue weighted by Crippen LogP contribution is -2.12. The number of hydrogen-bond acceptors (Lipinski definition) is 4. The van der Waals surface area contributed by atoms with Gasteiger partial charge in [0.1, 0.15) is 0 Å². The molecule has 1 aromatic carbocycles. The van der Waals surface area contributed by atoms with Gasteiger partial charge in [-0.25, -0.2) is 0 Å². The molecule has 0 aliphatic heterocycles. The van der Waals surface area contributed by atoms with Gasteiger partial charge in [-0.15, -0.1) is 0 Å². The van der Waals surface area contributed by atoms with Gasteiger partial charge in [0.05, 0.1) is 25.6 Å². The fourth-order valence-corrected chi connectivity index (χ4v) is 1.89. The van der Waals surface area contributed by atoms with Crippen molar-refractivity contribution in [1.29, 1.82) is 0 Å². The second-order valence-electron chi connectivity index (χ2n) is 4.33. The monoisotopic (exact) mass is 275 g/mol. The van der Waals surface area contributed by atoms with E-state index in [1.54, 1.807) is 43.2 Å². The molecule has 20 heavy (non-hydrogen) atoms. The maximum atomic E-state index is 12.2. The highest BCUT2D eigenvalue weighted by atomic mass is 16.5. The fraction of sp³-hybridized carbons (Fsp3) is 0.286. The van der Waals surface area contributed by atoms with Crippen LogP contribution in [0.1, 0.15) is 16.1 Å². The second kappa shape index (κ2) is 5.64. The number of methoxy groups -OCH3 is 2. The van der Waals surface area contributed by atoms with E-state index < -0.39 is 0 Å². The third-order valence-electron chi connectivity index (χ3n) is 2.91. The number of aryl methyl sites for hydroxylation is 2. The Morgan fingerprint density at radius 1 is 1.25 bits per heavy atom. The molecule has 0 aliphatic carbocycles. The van der Waals surface area contributed by atoms with Gasteiger partial charge in [0.2, 0.25) is 0 Å². The summed E-state index contributed by atoms with van der Waals surface area (Å²) < 4.78 is 12.0. The van der Waals surface area contributed by atoms with Crippen LogP contribution in [0.3, 0.4) is 0 Å². The van der Waals surface area contributed by atoms with Gasteiger partial charge in [-0.1, -0.05) is 0 Å². The molecule has 106 valence electrons. The van der Waals surface area contributed by atoms with E-state index in [9.17, 15) is 4.79 Å². The van der Waals surface area contributed by atoms with E-state index in [0.29, 0.717) is 22.7 Å². The Morgan fingerprint density at radius 2 is 1.95 bits per heavy atom. The van der Waals surface area contributed by atoms with Crippen LogP contribution in [0.5, 0.6) is 11.5 Å². The summed E-state index contributed by atoms with van der Waals surface area (Å²) in [5.41, 5.74) is 1.94. The zero-order valence-electron chi connectivity index (χ0n) is 11.9. The highest BCUT2D eigenvalue weighted by Gasteiger charge is 2.13. The molecular weight excluding hydrogens is 258 g/mol. The van der Waals surface area contributed by atoms with Crippen molar-refractivity contribution in [2.24, 2.45) is 7.05 Å². The summed E-state index contributed by atoms with van der Waals surface area (Å²) in [7, 11) is 4.89. The van der Waals surface area contributed by atoms with E-state index in [2.05, 4.69) is 10.4 Å². The average molecular weight is 275 g/mol. The zero-order valence-corrected chi connectivity index (χ0v) is 11.9. The average Bonchev–Trinajstić information content (AvgIpc) is 2.75. The topological polar surface area (TPSA) is 65.4 Å². The van der Waals surface area contributed by atoms with Gasteiger partial charge in [-0.3, -0.25) is 9.48 Å². The number of anilines is 1. The molecule has 1 heterocycles. The Balaban J connectivity index is 2.23. The van der Waals surface area contributed by atoms with Crippen molar-refractivity contribution >= 4 is 11.6 Å². The molecular formula is C14H17N3O3. The molecule has 0 unspecified atom stereocenters. The maximum Gasteiger partial charge on any atom is 0.255 e. The molecule has 0 saturated carbocycles. The van der Waals surface area contributed by atoms with Crippen LogP contribution in [0.15, 0.2) is 24.4 Å². The number of nitrogens with zero attached hydrogens (tertiary/aromatic N) is 2. The minimum Gasteiger partial charge on any atom is -0.493 e. The Labute approximate surface area is 117 Å². The number of amides is 1. The van der Waals surface area contributed by atoms with Crippen molar-refractivity contribution in [1.82, 2.24) is 9.78 Å². The Bertz CT molecular complexity index is 635. The molecule has 0 spiro atoms. The molecule has 0 atom stereocenters. The van der Waals surface area contributed by atoms with Crippen LogP contribution in [0.25, 0.3) is 0 Å². The molecule has 6 nitrogen and oxygen atoms in total. The number of nitrogens with one attached hydrogen (secondary N) is 1. The Morgan fingerprint density at radius 3 is 2.50 bits per heavy atom. The SMILES string of the molecule is COc1ccc(C(=O)Nc2cn(C)nc2C)cc1OC. The van der Waals surface area contributed by atoms with E-state index in [0.717, 1.165) is 5.69 Å². The van der Waals surface area contributed by atoms with E-state index in [4.69, 9.17) is 9.47 Å². The van der Waals surface area contributed by atoms with Crippen molar-refractivity contribution < 1.29 is 14.3 Å². The molecule has 1 N–H and O–H groups in total. The van der Waals surface area contributed by atoms with Crippen molar-refractivity contribution in [3.63, 3.8) is 0 Å². The smallest absolute Gasteiger partial charge is 0.255 e. The number of carbonyl (C=O) groups excluding carboxylic acids is 1. The molecule has 0 bridgehead atoms. The normalized spacial score (nSPS) is 10.2. The molecule has 0 fully saturated rings. The van der Waals surface area contributed by atoms with Gasteiger partial charge in [-0.2, -0.15) is 5.10 Å². The van der Waals surface area contributed by atoms with E-state index in [-0.39, 0.29) is 5.91 Å². The van der Waals surface area contributed by atoms with Crippen molar-refractivity contribution in [3.8, 4) is 11.5 Å². The molecule has 6 heteroatoms. The molecule has 1 aromatic heterocycles. The third-order valence-corrected chi connectivity index (χ3v) is 2.91. The molecule has 1 amide bonds. The quantitative estimate of drug-likeness (QED) is 0.926. The van der Waals surface area contributed by atoms with Crippen LogP contribution in [-0.4, -0.2) is 29.9 Å². The molecule has 0 saturated heterocycles. The first-order valence-corrected chi connectivity index (χ1v) is 6.08. The van der Waals surface area contributed by atoms with E-state index in [1.165, 1.54) is 7.11 Å². The van der Waals surface area contributed by atoms with Crippen molar-refractivity contribution in [3.05, 3.63) is 35.7 Å². The summed E-state index contributed by atoms with van der Waals surface area (Å²) in [4.78, 5) is 12.2. The highest BCUT2D eigenvalue weighted by Crippen LogP contribution is 2.28. The fourth-order valence-electron chi connectivity index (χ4n) is 1.89. The lowest BCUT2D eigenvalue weighted by Gasteiger charge is -2.09. The number of rotatable bonds is 4. The van der Waals surface area contributed by atoms with E-state index >= 15 is 0 Å². The summed E-state index contributed by atoms with van der Waals surface area (Å²) in [5.74, 6) is 0.881. The van der Waals surface area contributed by atoms with Crippen LogP contribution in [0.2, 0.25) is 0 Å². The number of ether oxygens (including phenoxy) is 2. The van der Waals surface area contributed by atoms with Crippen LogP contribution < -0.4 is 14.8 Å². The summed E-state index contributed by atoms with van der Waals surface area (Å²) in [6.07, 6.45) is 1.76. The number of aromatic nitrogens is 2. The van der Waals surface area contributed by atoms with Crippen molar-refractivity contribution in [2.45, 2.75) is 6.92 Å². The van der Waals surface area contributed by atoms with Crippen LogP contribution in [-0.2, 0) is 7.05 Å².